The Morgan fingerprint density at radius 3 is 1.11 bits per heavy atom. The Bertz CT molecular complexity index is 5890. The van der Waals surface area contributed by atoms with E-state index in [1.807, 2.05) is 18.2 Å². The number of aryl methyl sites for hydroxylation is 6. The van der Waals surface area contributed by atoms with Gasteiger partial charge in [-0.2, -0.15) is 119 Å². The van der Waals surface area contributed by atoms with Gasteiger partial charge in [0, 0.05) is 48.8 Å². The summed E-state index contributed by atoms with van der Waals surface area (Å²) in [5.41, 5.74) is 12.8. The molecule has 7 N–H and O–H groups in total. The van der Waals surface area contributed by atoms with E-state index >= 15 is 0 Å². The van der Waals surface area contributed by atoms with Crippen LogP contribution in [0.1, 0.15) is 105 Å². The molecule has 4 heterocycles. The Hall–Kier alpha value is -8.60. The molecule has 0 radical (unpaired) electrons. The lowest BCUT2D eigenvalue weighted by atomic mass is 10.0. The van der Waals surface area contributed by atoms with Crippen LogP contribution in [0.3, 0.4) is 0 Å². The summed E-state index contributed by atoms with van der Waals surface area (Å²) in [7, 11) is 2.57. The lowest BCUT2D eigenvalue weighted by Crippen LogP contribution is -2.10. The second-order valence-corrected chi connectivity index (χ2v) is 33.7. The number of phenols is 1. The van der Waals surface area contributed by atoms with E-state index in [-0.39, 0.29) is 98.8 Å². The number of nitrogens with two attached hydrogens (primary N) is 3. The van der Waals surface area contributed by atoms with E-state index in [9.17, 15) is 124 Å². The van der Waals surface area contributed by atoms with Crippen LogP contribution in [-0.4, -0.2) is 39.3 Å². The number of hydrogen-bond donors (Lipinski definition) is 4. The van der Waals surface area contributed by atoms with E-state index in [1.165, 1.54) is 70.5 Å². The molecule has 13 aromatic rings. The van der Waals surface area contributed by atoms with E-state index in [4.69, 9.17) is 21.9 Å². The van der Waals surface area contributed by atoms with Crippen LogP contribution in [0, 0.1) is 41.5 Å². The Balaban J connectivity index is 0.000000265. The van der Waals surface area contributed by atoms with E-state index < -0.39 is 106 Å². The monoisotopic (exact) mass is 2220 g/mol. The summed E-state index contributed by atoms with van der Waals surface area (Å²) in [6, 6.07) is 28.8. The minimum atomic E-state index is -4.62. The molecule has 0 bridgehead atoms. The highest BCUT2D eigenvalue weighted by Gasteiger charge is 2.40. The number of aromatic nitrogens is 4. The molecule has 0 saturated heterocycles. The first-order valence-electron chi connectivity index (χ1n) is 34.6. The van der Waals surface area contributed by atoms with Gasteiger partial charge in [0.2, 0.25) is 0 Å². The number of rotatable bonds is 6. The number of aromatic hydroxyl groups is 1. The Morgan fingerprint density at radius 2 is 0.724 bits per heavy atom. The van der Waals surface area contributed by atoms with Gasteiger partial charge in [-0.15, -0.1) is 35.1 Å². The highest BCUT2D eigenvalue weighted by Crippen LogP contribution is 2.47. The molecule has 688 valence electrons. The maximum Gasteiger partial charge on any atom is 0.419 e. The molecule has 0 aliphatic rings. The fraction of sp³-hybridized carbons (Fsp3) is 0.235. The van der Waals surface area contributed by atoms with Crippen LogP contribution in [0.15, 0.2) is 180 Å². The smallest absolute Gasteiger partial charge is 0.419 e. The van der Waals surface area contributed by atoms with Crippen LogP contribution >= 0.6 is 126 Å². The van der Waals surface area contributed by atoms with Gasteiger partial charge < -0.3 is 31.8 Å². The lowest BCUT2D eigenvalue weighted by molar-refractivity contribution is -0.139. The Labute approximate surface area is 764 Å². The number of methoxy groups -OCH3 is 2. The van der Waals surface area contributed by atoms with Crippen molar-refractivity contribution in [3.8, 4) is 17.2 Å². The van der Waals surface area contributed by atoms with Crippen LogP contribution in [0.2, 0.25) is 0 Å². The second kappa shape index (κ2) is 43.9. The number of pyridine rings is 1. The van der Waals surface area contributed by atoms with Gasteiger partial charge in [0.25, 0.3) is 0 Å². The van der Waals surface area contributed by atoms with Crippen molar-refractivity contribution in [2.75, 3.05) is 31.4 Å². The number of phenolic OH excluding ortho intramolecular Hbond substituents is 1. The van der Waals surface area contributed by atoms with Gasteiger partial charge in [0.15, 0.2) is 5.13 Å². The van der Waals surface area contributed by atoms with Gasteiger partial charge in [-0.1, -0.05) is 65.2 Å². The summed E-state index contributed by atoms with van der Waals surface area (Å²) < 4.78 is 354. The zero-order valence-electron chi connectivity index (χ0n) is 65.4. The number of nitrogens with zero attached hydrogens (tertiary/aromatic N) is 4. The fourth-order valence-corrected chi connectivity index (χ4v) is 16.1. The quantitative estimate of drug-likeness (QED) is 0.0929. The zero-order valence-corrected chi connectivity index (χ0v) is 76.6. The molecule has 0 amide bonds. The van der Waals surface area contributed by atoms with Crippen LogP contribution < -0.4 is 26.7 Å². The number of thiazole rings is 3. The van der Waals surface area contributed by atoms with E-state index in [2.05, 4.69) is 104 Å². The molecule has 4 aromatic heterocycles. The normalized spacial score (nSPS) is 11.9. The highest BCUT2D eigenvalue weighted by molar-refractivity contribution is 9.11. The summed E-state index contributed by atoms with van der Waals surface area (Å²) in [6.45, 7) is 9.21. The Morgan fingerprint density at radius 1 is 0.346 bits per heavy atom. The standard InChI is InChI=1S/C18H13F6NOS.C17H11F6NOS.C9H8BrF3O.C8H6Br2F3N.C8H5Br2F3.C8H5F3N2S.C8H8F3N.C5H5N.ClH/c1-9-5-12(18(22,23)24)10(6-14(9)26-2)7-16-25-13-4-3-11(17(19,20)21)8-15(13)27-16;1-8-4-11(17(21,22)23)9(5-13(8)25)6-15-24-12-3-2-10(16(18,19)20)7-14(12)26-15;1-5-3-6(9(11,12)13)8(14-2)4-7(5)10;1-3-2-4(8(11,12)13)6(10)7(14)5(3)9;1-4-2-5(8(11,12)13)7(10)3-6(4)9;9-8(10,11)4-1-2-5-6(3-4)14-7(12)13-5;1-5-2-6(8(9,10)11)4-7(12)3-5;1-2-4-6-5-3-1;/h3-6,8H,7H2,1-2H3;2-5,7,25H,6H2,1H3;3-4H,1-2H3;2H,14H2,1H3;2-3H,1H3;1-3H,(H2,12,13);2-4H,12H2,1H3;1-5H;1H. The minimum absolute atomic E-state index is 0. The second-order valence-electron chi connectivity index (χ2n) is 26.2. The van der Waals surface area contributed by atoms with E-state index in [0.717, 1.165) is 119 Å². The van der Waals surface area contributed by atoms with Crippen molar-refractivity contribution in [3.05, 3.63) is 285 Å². The predicted molar refractivity (Wildman–Crippen MR) is 455 cm³/mol. The third-order valence-corrected chi connectivity index (χ3v) is 23.8. The largest absolute Gasteiger partial charge is 0.508 e. The van der Waals surface area contributed by atoms with E-state index in [1.54, 1.807) is 40.1 Å². The average Bonchev–Trinajstić information content (AvgIpc) is 1.69. The molecule has 0 spiro atoms. The summed E-state index contributed by atoms with van der Waals surface area (Å²) in [4.78, 5) is 15.9. The first-order chi connectivity index (χ1) is 57.7. The number of hydrogen-bond acceptors (Lipinski definition) is 13. The summed E-state index contributed by atoms with van der Waals surface area (Å²) in [5, 5.41) is 10.5. The van der Waals surface area contributed by atoms with Gasteiger partial charge >= 0.3 is 55.6 Å². The van der Waals surface area contributed by atoms with E-state index in [0.29, 0.717) is 67.7 Å². The van der Waals surface area contributed by atoms with Gasteiger partial charge in [-0.05, 0) is 257 Å². The molecule has 0 fully saturated rings. The average molecular weight is 2230 g/mol. The van der Waals surface area contributed by atoms with Crippen molar-refractivity contribution in [1.29, 1.82) is 0 Å². The van der Waals surface area contributed by atoms with Crippen LogP contribution in [-0.2, 0) is 68.4 Å². The molecule has 10 nitrogen and oxygen atoms in total. The Kier molecular flexibility index (Phi) is 37.6. The zero-order chi connectivity index (χ0) is 95.4. The van der Waals surface area contributed by atoms with Gasteiger partial charge in [-0.3, -0.25) is 4.98 Å². The van der Waals surface area contributed by atoms with Gasteiger partial charge in [0.05, 0.1) is 115 Å². The maximum absolute atomic E-state index is 13.4. The third kappa shape index (κ3) is 31.6. The molecule has 13 rings (SSSR count). The molecule has 127 heavy (non-hydrogen) atoms. The molecule has 0 aliphatic heterocycles. The van der Waals surface area contributed by atoms with Gasteiger partial charge in [0.1, 0.15) is 17.2 Å². The number of alkyl halides is 27. The molecule has 0 aliphatic carbocycles. The predicted octanol–water partition coefficient (Wildman–Crippen LogP) is 31.6. The SMILES string of the molecule is COc1cc(Br)c(C)cc1C(F)(F)F.COc1cc(Cc2nc3ccc(C(F)(F)F)cc3s2)c(C(F)(F)F)cc1C.Cc1cc(C(F)(F)F)c(Br)c(N)c1Br.Cc1cc(C(F)(F)F)c(Br)cc1Br.Cc1cc(C(F)(F)F)c(Cc2nc3ccc(C(F)(F)F)cc3s2)cc1O.Cc1cc(N)cc(C(F)(F)F)c1.Cl.Nc1nc2ccc(C(F)(F)F)cc2s1.c1ccncc1. The number of anilines is 3. The summed E-state index contributed by atoms with van der Waals surface area (Å²) in [6.07, 6.45) is -36.8. The first-order valence-corrected chi connectivity index (χ1v) is 41.0. The maximum atomic E-state index is 13.4. The molecular weight excluding hydrogens is 2160 g/mol. The molecule has 0 unspecified atom stereocenters. The van der Waals surface area contributed by atoms with Crippen molar-refractivity contribution in [2.45, 2.75) is 110 Å². The van der Waals surface area contributed by atoms with Crippen molar-refractivity contribution in [1.82, 2.24) is 19.9 Å². The number of ether oxygens (including phenoxy) is 2. The van der Waals surface area contributed by atoms with Crippen molar-refractivity contribution < 1.29 is 133 Å². The summed E-state index contributed by atoms with van der Waals surface area (Å²) in [5.74, 6) is -0.151. The first kappa shape index (κ1) is 109. The molecule has 0 atom stereocenters. The highest BCUT2D eigenvalue weighted by atomic mass is 79.9. The van der Waals surface area contributed by atoms with Crippen LogP contribution in [0.5, 0.6) is 17.2 Å². The third-order valence-electron chi connectivity index (χ3n) is 16.6. The number of nitrogen functional groups attached to an aromatic ring is 3. The van der Waals surface area contributed by atoms with Gasteiger partial charge in [-0.25, -0.2) is 15.0 Å². The van der Waals surface area contributed by atoms with Crippen LogP contribution in [0.4, 0.5) is 135 Å². The lowest BCUT2D eigenvalue weighted by Gasteiger charge is -2.15. The molecule has 46 heteroatoms. The molecule has 9 aromatic carbocycles. The van der Waals surface area contributed by atoms with Crippen LogP contribution in [0.25, 0.3) is 30.6 Å². The summed E-state index contributed by atoms with van der Waals surface area (Å²) >= 11 is 18.0. The number of halogens is 33. The topological polar surface area (TPSA) is 168 Å². The number of fused-ring (bicyclic) bond motifs is 3. The molecule has 0 saturated carbocycles. The van der Waals surface area contributed by atoms with Crippen molar-refractivity contribution >= 4 is 173 Å². The van der Waals surface area contributed by atoms with Crippen molar-refractivity contribution in [3.63, 3.8) is 0 Å². The molecular formula is C81H62Br5ClF27N7O3S3. The minimum Gasteiger partial charge on any atom is -0.508 e. The number of benzene rings is 9. The van der Waals surface area contributed by atoms with Crippen molar-refractivity contribution in [2.24, 2.45) is 0 Å². The fourth-order valence-electron chi connectivity index (χ4n) is 10.6.